The number of esters is 2. The van der Waals surface area contributed by atoms with Crippen molar-refractivity contribution in [2.45, 2.75) is 193 Å². The minimum absolute atomic E-state index is 0.206. The number of carbonyl (C=O) groups is 2. The van der Waals surface area contributed by atoms with Gasteiger partial charge in [0.2, 0.25) is 0 Å². The van der Waals surface area contributed by atoms with Gasteiger partial charge in [0.15, 0.2) is 6.10 Å². The zero-order valence-corrected chi connectivity index (χ0v) is 29.9. The van der Waals surface area contributed by atoms with Crippen molar-refractivity contribution in [3.05, 3.63) is 12.2 Å². The first-order valence-electron chi connectivity index (χ1n) is 18.5. The molecule has 0 aromatic heterocycles. The lowest BCUT2D eigenvalue weighted by atomic mass is 10.0. The number of ether oxygens (including phenoxy) is 2. The summed E-state index contributed by atoms with van der Waals surface area (Å²) in [4.78, 5) is 42.6. The van der Waals surface area contributed by atoms with Crippen LogP contribution in [0.25, 0.3) is 0 Å². The van der Waals surface area contributed by atoms with Crippen molar-refractivity contribution < 1.29 is 37.9 Å². The Hall–Kier alpha value is -1.21. The molecule has 0 aliphatic rings. The molecule has 0 heterocycles. The van der Waals surface area contributed by atoms with Crippen LogP contribution in [0.15, 0.2) is 12.2 Å². The summed E-state index contributed by atoms with van der Waals surface area (Å²) in [6.45, 7) is 3.66. The van der Waals surface area contributed by atoms with E-state index >= 15 is 0 Å². The maximum atomic E-state index is 12.3. The minimum atomic E-state index is -4.74. The maximum Gasteiger partial charge on any atom is 0.469 e. The summed E-state index contributed by atoms with van der Waals surface area (Å²) < 4.78 is 26.3. The number of allylic oxidation sites excluding steroid dienone is 2. The van der Waals surface area contributed by atoms with Crippen molar-refractivity contribution in [2.75, 3.05) is 13.2 Å². The molecule has 0 aromatic carbocycles. The van der Waals surface area contributed by atoms with Gasteiger partial charge in [-0.15, -0.1) is 0 Å². The van der Waals surface area contributed by atoms with Crippen LogP contribution in [0, 0.1) is 0 Å². The lowest BCUT2D eigenvalue weighted by Gasteiger charge is -2.18. The highest BCUT2D eigenvalue weighted by atomic mass is 31.2. The molecule has 0 spiro atoms. The van der Waals surface area contributed by atoms with Gasteiger partial charge in [-0.1, -0.05) is 148 Å². The van der Waals surface area contributed by atoms with E-state index in [1.54, 1.807) is 0 Å². The smallest absolute Gasteiger partial charge is 0.462 e. The Labute approximate surface area is 276 Å². The predicted octanol–water partition coefficient (Wildman–Crippen LogP) is 10.7. The minimum Gasteiger partial charge on any atom is -0.462 e. The summed E-state index contributed by atoms with van der Waals surface area (Å²) >= 11 is 0. The Morgan fingerprint density at radius 1 is 0.556 bits per heavy atom. The third-order valence-corrected chi connectivity index (χ3v) is 8.52. The Balaban J connectivity index is 3.97. The summed E-state index contributed by atoms with van der Waals surface area (Å²) in [5, 5.41) is 0. The summed E-state index contributed by atoms with van der Waals surface area (Å²) in [7, 11) is -4.74. The molecule has 8 nitrogen and oxygen atoms in total. The number of phosphoric acid groups is 1. The van der Waals surface area contributed by atoms with Crippen LogP contribution in [0.5, 0.6) is 0 Å². The highest BCUT2D eigenvalue weighted by Gasteiger charge is 2.22. The van der Waals surface area contributed by atoms with Crippen molar-refractivity contribution in [1.82, 2.24) is 0 Å². The van der Waals surface area contributed by atoms with Crippen molar-refractivity contribution in [2.24, 2.45) is 0 Å². The molecule has 2 N–H and O–H groups in total. The van der Waals surface area contributed by atoms with Gasteiger partial charge in [-0.2, -0.15) is 0 Å². The molecule has 266 valence electrons. The van der Waals surface area contributed by atoms with E-state index in [-0.39, 0.29) is 19.4 Å². The number of unbranched alkanes of at least 4 members (excludes halogenated alkanes) is 22. The summed E-state index contributed by atoms with van der Waals surface area (Å²) in [6.07, 6.45) is 33.6. The van der Waals surface area contributed by atoms with Gasteiger partial charge in [0.25, 0.3) is 0 Å². The molecule has 0 aliphatic heterocycles. The van der Waals surface area contributed by atoms with Crippen LogP contribution >= 0.6 is 7.82 Å². The second-order valence-corrected chi connectivity index (χ2v) is 13.8. The molecule has 9 heteroatoms. The first-order chi connectivity index (χ1) is 21.8. The molecule has 0 amide bonds. The molecule has 0 saturated heterocycles. The molecule has 0 radical (unpaired) electrons. The molecule has 1 unspecified atom stereocenters. The van der Waals surface area contributed by atoms with Gasteiger partial charge in [0, 0.05) is 12.8 Å². The normalized spacial score (nSPS) is 12.5. The van der Waals surface area contributed by atoms with Crippen LogP contribution < -0.4 is 0 Å². The van der Waals surface area contributed by atoms with Crippen molar-refractivity contribution in [3.8, 4) is 0 Å². The van der Waals surface area contributed by atoms with E-state index in [9.17, 15) is 14.2 Å². The van der Waals surface area contributed by atoms with E-state index in [0.717, 1.165) is 51.4 Å². The fourth-order valence-electron chi connectivity index (χ4n) is 5.25. The zero-order valence-electron chi connectivity index (χ0n) is 29.0. The van der Waals surface area contributed by atoms with E-state index in [2.05, 4.69) is 30.5 Å². The van der Waals surface area contributed by atoms with Gasteiger partial charge >= 0.3 is 19.8 Å². The SMILES string of the molecule is CCCCCCCC/C=C\CCCCCCCC(=O)OC(COC(=O)CCCCCCCCCCCCCC)COP(=O)(O)O. The first-order valence-corrected chi connectivity index (χ1v) is 20.0. The standard InChI is InChI=1S/C36H69O8P/c1-3-5-7-9-11-13-15-17-18-19-21-23-25-27-29-31-36(38)44-34(33-43-45(39,40)41)32-42-35(37)30-28-26-24-22-20-16-14-12-10-8-6-4-2/h17-18,34H,3-16,19-33H2,1-2H3,(H2,39,40,41)/b18-17-. The van der Waals surface area contributed by atoms with Crippen LogP contribution in [-0.4, -0.2) is 41.0 Å². The molecule has 45 heavy (non-hydrogen) atoms. The van der Waals surface area contributed by atoms with Crippen LogP contribution in [0.1, 0.15) is 187 Å². The lowest BCUT2D eigenvalue weighted by Crippen LogP contribution is -2.29. The van der Waals surface area contributed by atoms with E-state index < -0.39 is 32.5 Å². The number of carbonyl (C=O) groups excluding carboxylic acids is 2. The van der Waals surface area contributed by atoms with Gasteiger partial charge in [0.1, 0.15) is 6.61 Å². The zero-order chi connectivity index (χ0) is 33.3. The summed E-state index contributed by atoms with van der Waals surface area (Å²) in [5.74, 6) is -0.888. The van der Waals surface area contributed by atoms with Crippen LogP contribution in [0.4, 0.5) is 0 Å². The highest BCUT2D eigenvalue weighted by molar-refractivity contribution is 7.46. The van der Waals surface area contributed by atoms with Gasteiger partial charge in [-0.05, 0) is 38.5 Å². The number of hydrogen-bond donors (Lipinski definition) is 2. The molecule has 0 bridgehead atoms. The second kappa shape index (κ2) is 32.7. The Bertz CT molecular complexity index is 751. The fourth-order valence-corrected chi connectivity index (χ4v) is 5.61. The number of rotatable bonds is 34. The summed E-state index contributed by atoms with van der Waals surface area (Å²) in [6, 6.07) is 0. The molecule has 0 aliphatic carbocycles. The maximum absolute atomic E-state index is 12.3. The van der Waals surface area contributed by atoms with Crippen molar-refractivity contribution >= 4 is 19.8 Å². The molecule has 0 saturated carbocycles. The van der Waals surface area contributed by atoms with E-state index in [4.69, 9.17) is 19.3 Å². The molecule has 0 fully saturated rings. The third-order valence-electron chi connectivity index (χ3n) is 8.03. The molecular weight excluding hydrogens is 591 g/mol. The molecular formula is C36H69O8P. The third kappa shape index (κ3) is 35.5. The van der Waals surface area contributed by atoms with Crippen LogP contribution in [0.2, 0.25) is 0 Å². The van der Waals surface area contributed by atoms with Gasteiger partial charge in [-0.25, -0.2) is 4.57 Å². The van der Waals surface area contributed by atoms with Crippen LogP contribution in [0.3, 0.4) is 0 Å². The lowest BCUT2D eigenvalue weighted by molar-refractivity contribution is -0.161. The van der Waals surface area contributed by atoms with Gasteiger partial charge in [-0.3, -0.25) is 14.1 Å². The number of phosphoric ester groups is 1. The quantitative estimate of drug-likeness (QED) is 0.0303. The summed E-state index contributed by atoms with van der Waals surface area (Å²) in [5.41, 5.74) is 0. The average molecular weight is 661 g/mol. The first kappa shape index (κ1) is 43.8. The van der Waals surface area contributed by atoms with E-state index in [1.807, 2.05) is 0 Å². The van der Waals surface area contributed by atoms with Gasteiger partial charge in [0.05, 0.1) is 6.61 Å². The second-order valence-electron chi connectivity index (χ2n) is 12.6. The molecule has 0 aromatic rings. The molecule has 0 rings (SSSR count). The topological polar surface area (TPSA) is 119 Å². The average Bonchev–Trinajstić information content (AvgIpc) is 3.00. The highest BCUT2D eigenvalue weighted by Crippen LogP contribution is 2.36. The largest absolute Gasteiger partial charge is 0.469 e. The Morgan fingerprint density at radius 3 is 1.36 bits per heavy atom. The van der Waals surface area contributed by atoms with Crippen molar-refractivity contribution in [1.29, 1.82) is 0 Å². The predicted molar refractivity (Wildman–Crippen MR) is 184 cm³/mol. The van der Waals surface area contributed by atoms with Crippen LogP contribution in [-0.2, 0) is 28.2 Å². The number of hydrogen-bond acceptors (Lipinski definition) is 6. The monoisotopic (exact) mass is 660 g/mol. The Morgan fingerprint density at radius 2 is 0.933 bits per heavy atom. The van der Waals surface area contributed by atoms with E-state index in [1.165, 1.54) is 103 Å². The fraction of sp³-hybridized carbons (Fsp3) is 0.889. The van der Waals surface area contributed by atoms with Gasteiger partial charge < -0.3 is 19.3 Å². The van der Waals surface area contributed by atoms with Crippen molar-refractivity contribution in [3.63, 3.8) is 0 Å². The molecule has 1 atom stereocenters. The Kier molecular flexibility index (Phi) is 31.8. The van der Waals surface area contributed by atoms with E-state index in [0.29, 0.717) is 6.42 Å².